The number of hydrogen-bond donors (Lipinski definition) is 1. The van der Waals surface area contributed by atoms with Gasteiger partial charge in [0.2, 0.25) is 5.91 Å². The average molecular weight is 359 g/mol. The lowest BCUT2D eigenvalue weighted by molar-refractivity contribution is -0.136. The molecule has 1 unspecified atom stereocenters. The normalized spacial score (nSPS) is 22.0. The van der Waals surface area contributed by atoms with Gasteiger partial charge in [-0.1, -0.05) is 12.8 Å². The molecule has 25 heavy (non-hydrogen) atoms. The van der Waals surface area contributed by atoms with Gasteiger partial charge in [-0.2, -0.15) is 0 Å². The predicted octanol–water partition coefficient (Wildman–Crippen LogP) is 3.50. The highest BCUT2D eigenvalue weighted by molar-refractivity contribution is 7.18. The minimum Gasteiger partial charge on any atom is -0.342 e. The fourth-order valence-electron chi connectivity index (χ4n) is 4.30. The number of aromatic nitrogens is 2. The lowest BCUT2D eigenvalue weighted by Gasteiger charge is -2.33. The number of nitrogens with one attached hydrogen (secondary N) is 1. The van der Waals surface area contributed by atoms with E-state index in [1.165, 1.54) is 12.8 Å². The maximum Gasteiger partial charge on any atom is 0.259 e. The fraction of sp³-hybridized carbons (Fsp3) is 0.632. The Bertz CT molecular complexity index is 863. The number of carbonyl (C=O) groups is 1. The zero-order valence-corrected chi connectivity index (χ0v) is 15.7. The summed E-state index contributed by atoms with van der Waals surface area (Å²) in [5, 5.41) is 0.723. The molecule has 2 aliphatic rings. The predicted molar refractivity (Wildman–Crippen MR) is 100 cm³/mol. The first kappa shape index (κ1) is 16.8. The van der Waals surface area contributed by atoms with Crippen molar-refractivity contribution in [3.05, 3.63) is 26.6 Å². The number of piperidine rings is 1. The van der Waals surface area contributed by atoms with Gasteiger partial charge in [0.25, 0.3) is 5.56 Å². The maximum atomic E-state index is 12.7. The molecule has 1 N–H and O–H groups in total. The van der Waals surface area contributed by atoms with E-state index in [4.69, 9.17) is 4.98 Å². The Morgan fingerprint density at radius 1 is 1.20 bits per heavy atom. The summed E-state index contributed by atoms with van der Waals surface area (Å²) in [4.78, 5) is 37.0. The zero-order chi connectivity index (χ0) is 17.6. The number of hydrogen-bond acceptors (Lipinski definition) is 4. The van der Waals surface area contributed by atoms with Gasteiger partial charge in [0.05, 0.1) is 5.39 Å². The summed E-state index contributed by atoms with van der Waals surface area (Å²) in [5.41, 5.74) is 0.989. The molecular weight excluding hydrogens is 334 g/mol. The Morgan fingerprint density at radius 2 is 1.96 bits per heavy atom. The molecule has 134 valence electrons. The van der Waals surface area contributed by atoms with E-state index in [-0.39, 0.29) is 17.4 Å². The Morgan fingerprint density at radius 3 is 2.72 bits per heavy atom. The summed E-state index contributed by atoms with van der Waals surface area (Å²) in [7, 11) is 0. The van der Waals surface area contributed by atoms with Gasteiger partial charge in [-0.15, -0.1) is 11.3 Å². The lowest BCUT2D eigenvalue weighted by atomic mass is 9.95. The van der Waals surface area contributed by atoms with Crippen molar-refractivity contribution in [3.8, 4) is 0 Å². The van der Waals surface area contributed by atoms with Crippen molar-refractivity contribution in [2.45, 2.75) is 58.3 Å². The molecule has 1 aliphatic carbocycles. The van der Waals surface area contributed by atoms with Crippen LogP contribution in [0.2, 0.25) is 0 Å². The van der Waals surface area contributed by atoms with Gasteiger partial charge in [-0.05, 0) is 45.1 Å². The third-order valence-electron chi connectivity index (χ3n) is 5.88. The third kappa shape index (κ3) is 3.01. The standard InChI is InChI=1S/C19H25N3O2S/c1-11-12(2)25-18-15(11)17(23)20-16(21-18)14-8-5-9-22(10-14)19(24)13-6-3-4-7-13/h13-14H,3-10H2,1-2H3,(H,20,21,23). The molecule has 4 rings (SSSR count). The molecule has 5 nitrogen and oxygen atoms in total. The first-order valence-corrected chi connectivity index (χ1v) is 10.1. The highest BCUT2D eigenvalue weighted by atomic mass is 32.1. The molecule has 6 heteroatoms. The minimum absolute atomic E-state index is 0.0407. The van der Waals surface area contributed by atoms with Crippen LogP contribution in [0.3, 0.4) is 0 Å². The topological polar surface area (TPSA) is 66.1 Å². The number of aryl methyl sites for hydroxylation is 2. The van der Waals surface area contributed by atoms with Crippen LogP contribution in [0.5, 0.6) is 0 Å². The van der Waals surface area contributed by atoms with Crippen LogP contribution in [-0.2, 0) is 4.79 Å². The van der Waals surface area contributed by atoms with Crippen molar-refractivity contribution in [2.24, 2.45) is 5.92 Å². The summed E-state index contributed by atoms with van der Waals surface area (Å²) < 4.78 is 0. The Kier molecular flexibility index (Phi) is 4.40. The van der Waals surface area contributed by atoms with Crippen LogP contribution in [0.25, 0.3) is 10.2 Å². The van der Waals surface area contributed by atoms with Crippen LogP contribution in [0.1, 0.15) is 60.7 Å². The zero-order valence-electron chi connectivity index (χ0n) is 14.9. The molecule has 1 saturated heterocycles. The number of nitrogens with zero attached hydrogens (tertiary/aromatic N) is 2. The third-order valence-corrected chi connectivity index (χ3v) is 6.98. The highest BCUT2D eigenvalue weighted by Crippen LogP contribution is 2.32. The smallest absolute Gasteiger partial charge is 0.259 e. The number of rotatable bonds is 2. The van der Waals surface area contributed by atoms with Gasteiger partial charge in [-0.3, -0.25) is 9.59 Å². The second-order valence-electron chi connectivity index (χ2n) is 7.52. The molecule has 0 aromatic carbocycles. The summed E-state index contributed by atoms with van der Waals surface area (Å²) in [6.45, 7) is 5.54. The highest BCUT2D eigenvalue weighted by Gasteiger charge is 2.32. The van der Waals surface area contributed by atoms with Gasteiger partial charge in [0.15, 0.2) is 0 Å². The van der Waals surface area contributed by atoms with E-state index < -0.39 is 0 Å². The lowest BCUT2D eigenvalue weighted by Crippen LogP contribution is -2.42. The summed E-state index contributed by atoms with van der Waals surface area (Å²) in [6, 6.07) is 0. The first-order valence-electron chi connectivity index (χ1n) is 9.33. The van der Waals surface area contributed by atoms with E-state index in [1.54, 1.807) is 11.3 Å². The molecule has 1 amide bonds. The second-order valence-corrected chi connectivity index (χ2v) is 8.72. The SMILES string of the molecule is Cc1sc2nc(C3CCCN(C(=O)C4CCCC4)C3)[nH]c(=O)c2c1C. The van der Waals surface area contributed by atoms with Crippen molar-refractivity contribution in [1.29, 1.82) is 0 Å². The first-order chi connectivity index (χ1) is 12.0. The van der Waals surface area contributed by atoms with E-state index in [0.717, 1.165) is 58.7 Å². The number of amides is 1. The largest absolute Gasteiger partial charge is 0.342 e. The number of H-pyrrole nitrogens is 1. The summed E-state index contributed by atoms with van der Waals surface area (Å²) >= 11 is 1.59. The van der Waals surface area contributed by atoms with Crippen LogP contribution in [0, 0.1) is 19.8 Å². The number of fused-ring (bicyclic) bond motifs is 1. The molecular formula is C19H25N3O2S. The molecule has 2 aromatic rings. The molecule has 1 atom stereocenters. The fourth-order valence-corrected chi connectivity index (χ4v) is 5.33. The van der Waals surface area contributed by atoms with Gasteiger partial charge in [-0.25, -0.2) is 4.98 Å². The van der Waals surface area contributed by atoms with Crippen molar-refractivity contribution in [3.63, 3.8) is 0 Å². The monoisotopic (exact) mass is 359 g/mol. The summed E-state index contributed by atoms with van der Waals surface area (Å²) in [6.07, 6.45) is 6.38. The molecule has 1 aliphatic heterocycles. The number of likely N-dealkylation sites (tertiary alicyclic amines) is 1. The van der Waals surface area contributed by atoms with Gasteiger partial charge >= 0.3 is 0 Å². The molecule has 1 saturated carbocycles. The van der Waals surface area contributed by atoms with E-state index in [1.807, 2.05) is 18.7 Å². The number of carbonyl (C=O) groups excluding carboxylic acids is 1. The molecule has 0 spiro atoms. The molecule has 2 fully saturated rings. The molecule has 2 aromatic heterocycles. The van der Waals surface area contributed by atoms with Crippen molar-refractivity contribution >= 4 is 27.5 Å². The van der Waals surface area contributed by atoms with E-state index >= 15 is 0 Å². The van der Waals surface area contributed by atoms with Crippen LogP contribution in [0.4, 0.5) is 0 Å². The minimum atomic E-state index is -0.0407. The Balaban J connectivity index is 1.60. The van der Waals surface area contributed by atoms with Gasteiger partial charge in [0.1, 0.15) is 10.7 Å². The van der Waals surface area contributed by atoms with Crippen LogP contribution in [-0.4, -0.2) is 33.9 Å². The molecule has 0 radical (unpaired) electrons. The van der Waals surface area contributed by atoms with E-state index in [0.29, 0.717) is 12.5 Å². The quantitative estimate of drug-likeness (QED) is 0.892. The van der Waals surface area contributed by atoms with Crippen LogP contribution in [0.15, 0.2) is 4.79 Å². The number of aromatic amines is 1. The second kappa shape index (κ2) is 6.56. The van der Waals surface area contributed by atoms with Crippen molar-refractivity contribution in [2.75, 3.05) is 13.1 Å². The molecule has 3 heterocycles. The summed E-state index contributed by atoms with van der Waals surface area (Å²) in [5.74, 6) is 1.42. The van der Waals surface area contributed by atoms with Gasteiger partial charge in [0, 0.05) is 29.8 Å². The van der Waals surface area contributed by atoms with Crippen molar-refractivity contribution < 1.29 is 4.79 Å². The van der Waals surface area contributed by atoms with Gasteiger partial charge < -0.3 is 9.88 Å². The van der Waals surface area contributed by atoms with E-state index in [2.05, 4.69) is 4.98 Å². The maximum absolute atomic E-state index is 12.7. The van der Waals surface area contributed by atoms with Crippen molar-refractivity contribution in [1.82, 2.24) is 14.9 Å². The Hall–Kier alpha value is -1.69. The van der Waals surface area contributed by atoms with Crippen LogP contribution < -0.4 is 5.56 Å². The Labute approximate surface area is 151 Å². The molecule has 0 bridgehead atoms. The van der Waals surface area contributed by atoms with E-state index in [9.17, 15) is 9.59 Å². The average Bonchev–Trinajstić information content (AvgIpc) is 3.23. The van der Waals surface area contributed by atoms with Crippen LogP contribution >= 0.6 is 11.3 Å². The number of thiophene rings is 1.